The van der Waals surface area contributed by atoms with Crippen LogP contribution < -0.4 is 5.73 Å². The lowest BCUT2D eigenvalue weighted by Crippen LogP contribution is -1.94. The number of nitrogens with zero attached hydrogens (tertiary/aromatic N) is 2. The molecule has 3 rings (SSSR count). The Morgan fingerprint density at radius 2 is 2.24 bits per heavy atom. The molecule has 3 aromatic rings. The van der Waals surface area contributed by atoms with Gasteiger partial charge in [0.05, 0.1) is 12.0 Å². The van der Waals surface area contributed by atoms with Crippen LogP contribution in [0.4, 0.5) is 0 Å². The molecule has 0 saturated carbocycles. The van der Waals surface area contributed by atoms with Crippen molar-refractivity contribution in [1.82, 2.24) is 14.5 Å². The van der Waals surface area contributed by atoms with Crippen molar-refractivity contribution >= 4 is 10.9 Å². The molecule has 0 fully saturated rings. The van der Waals surface area contributed by atoms with Crippen LogP contribution in [-0.4, -0.2) is 14.5 Å². The number of aromatic nitrogens is 3. The lowest BCUT2D eigenvalue weighted by molar-refractivity contribution is 0.913. The predicted molar refractivity (Wildman–Crippen MR) is 68.4 cm³/mol. The van der Waals surface area contributed by atoms with E-state index in [0.717, 1.165) is 22.5 Å². The van der Waals surface area contributed by atoms with E-state index in [0.29, 0.717) is 6.54 Å². The van der Waals surface area contributed by atoms with Crippen LogP contribution in [0, 0.1) is 0 Å². The van der Waals surface area contributed by atoms with Crippen LogP contribution in [0.1, 0.15) is 5.56 Å². The van der Waals surface area contributed by atoms with Crippen molar-refractivity contribution in [1.29, 1.82) is 0 Å². The standard InChI is InChI=1S/C13H14N4/c1-17-7-13(15-8-17)12-5-10-4-9(6-14)2-3-11(10)16-12/h2-5,7-8,16H,6,14H2,1H3. The van der Waals surface area contributed by atoms with Crippen molar-refractivity contribution in [2.24, 2.45) is 12.8 Å². The minimum atomic E-state index is 0.569. The Kier molecular flexibility index (Phi) is 2.23. The summed E-state index contributed by atoms with van der Waals surface area (Å²) < 4.78 is 1.94. The molecule has 0 unspecified atom stereocenters. The quantitative estimate of drug-likeness (QED) is 0.702. The molecule has 0 atom stereocenters. The molecule has 0 radical (unpaired) electrons. The molecule has 0 aliphatic carbocycles. The number of fused-ring (bicyclic) bond motifs is 1. The van der Waals surface area contributed by atoms with Gasteiger partial charge in [0, 0.05) is 30.7 Å². The Morgan fingerprint density at radius 3 is 2.94 bits per heavy atom. The SMILES string of the molecule is Cn1cnc(-c2cc3cc(CN)ccc3[nH]2)c1. The molecule has 86 valence electrons. The predicted octanol–water partition coefficient (Wildman–Crippen LogP) is 2.03. The van der Waals surface area contributed by atoms with Crippen LogP contribution in [0.15, 0.2) is 36.8 Å². The maximum atomic E-state index is 5.64. The molecule has 0 spiro atoms. The number of imidazole rings is 1. The van der Waals surface area contributed by atoms with Gasteiger partial charge in [-0.3, -0.25) is 0 Å². The zero-order chi connectivity index (χ0) is 11.8. The Balaban J connectivity index is 2.13. The van der Waals surface area contributed by atoms with Gasteiger partial charge in [0.25, 0.3) is 0 Å². The second kappa shape index (κ2) is 3.75. The molecule has 0 aliphatic heterocycles. The summed E-state index contributed by atoms with van der Waals surface area (Å²) in [7, 11) is 1.96. The largest absolute Gasteiger partial charge is 0.353 e. The maximum Gasteiger partial charge on any atom is 0.104 e. The normalized spacial score (nSPS) is 11.2. The maximum absolute atomic E-state index is 5.64. The van der Waals surface area contributed by atoms with Gasteiger partial charge in [-0.2, -0.15) is 0 Å². The van der Waals surface area contributed by atoms with E-state index < -0.39 is 0 Å². The van der Waals surface area contributed by atoms with E-state index in [1.54, 1.807) is 6.33 Å². The number of H-pyrrole nitrogens is 1. The molecule has 0 bridgehead atoms. The summed E-state index contributed by atoms with van der Waals surface area (Å²) in [6.45, 7) is 0.569. The second-order valence-corrected chi connectivity index (χ2v) is 4.23. The molecule has 0 saturated heterocycles. The first kappa shape index (κ1) is 10.1. The molecule has 4 heteroatoms. The van der Waals surface area contributed by atoms with E-state index in [-0.39, 0.29) is 0 Å². The molecule has 2 aromatic heterocycles. The third-order valence-electron chi connectivity index (χ3n) is 2.90. The van der Waals surface area contributed by atoms with Gasteiger partial charge in [-0.1, -0.05) is 6.07 Å². The fourth-order valence-corrected chi connectivity index (χ4v) is 2.00. The van der Waals surface area contributed by atoms with Crippen LogP contribution >= 0.6 is 0 Å². The lowest BCUT2D eigenvalue weighted by Gasteiger charge is -1.94. The van der Waals surface area contributed by atoms with Crippen molar-refractivity contribution in [3.05, 3.63) is 42.4 Å². The van der Waals surface area contributed by atoms with E-state index in [1.807, 2.05) is 23.9 Å². The molecule has 2 heterocycles. The van der Waals surface area contributed by atoms with Gasteiger partial charge in [-0.05, 0) is 23.8 Å². The Labute approximate surface area is 99.1 Å². The van der Waals surface area contributed by atoms with Crippen molar-refractivity contribution in [2.45, 2.75) is 6.54 Å². The number of hydrogen-bond donors (Lipinski definition) is 2. The number of rotatable bonds is 2. The lowest BCUT2D eigenvalue weighted by atomic mass is 10.1. The summed E-state index contributed by atoms with van der Waals surface area (Å²) in [5.41, 5.74) is 9.89. The fraction of sp³-hybridized carbons (Fsp3) is 0.154. The molecule has 0 aliphatic rings. The molecule has 0 amide bonds. The van der Waals surface area contributed by atoms with Gasteiger partial charge >= 0.3 is 0 Å². The summed E-state index contributed by atoms with van der Waals surface area (Å²) in [5, 5.41) is 1.17. The molecule has 17 heavy (non-hydrogen) atoms. The van der Waals surface area contributed by atoms with E-state index >= 15 is 0 Å². The van der Waals surface area contributed by atoms with Gasteiger partial charge < -0.3 is 15.3 Å². The fourth-order valence-electron chi connectivity index (χ4n) is 2.00. The smallest absolute Gasteiger partial charge is 0.104 e. The first-order chi connectivity index (χ1) is 8.26. The summed E-state index contributed by atoms with van der Waals surface area (Å²) >= 11 is 0. The first-order valence-corrected chi connectivity index (χ1v) is 5.56. The van der Waals surface area contributed by atoms with E-state index in [9.17, 15) is 0 Å². The minimum absolute atomic E-state index is 0.569. The van der Waals surface area contributed by atoms with Gasteiger partial charge in [-0.25, -0.2) is 4.98 Å². The average molecular weight is 226 g/mol. The van der Waals surface area contributed by atoms with Crippen LogP contribution in [0.3, 0.4) is 0 Å². The first-order valence-electron chi connectivity index (χ1n) is 5.56. The molecular weight excluding hydrogens is 212 g/mol. The van der Waals surface area contributed by atoms with Crippen LogP contribution in [0.5, 0.6) is 0 Å². The second-order valence-electron chi connectivity index (χ2n) is 4.23. The molecule has 3 N–H and O–H groups in total. The summed E-state index contributed by atoms with van der Waals surface area (Å²) in [4.78, 5) is 7.69. The Bertz CT molecular complexity index is 663. The minimum Gasteiger partial charge on any atom is -0.353 e. The molecule has 1 aromatic carbocycles. The number of hydrogen-bond acceptors (Lipinski definition) is 2. The van der Waals surface area contributed by atoms with Crippen molar-refractivity contribution in [2.75, 3.05) is 0 Å². The zero-order valence-electron chi connectivity index (χ0n) is 9.64. The summed E-state index contributed by atoms with van der Waals surface area (Å²) in [6, 6.07) is 8.32. The van der Waals surface area contributed by atoms with Crippen molar-refractivity contribution in [3.8, 4) is 11.4 Å². The highest BCUT2D eigenvalue weighted by molar-refractivity contribution is 5.85. The molecular formula is C13H14N4. The van der Waals surface area contributed by atoms with Crippen molar-refractivity contribution in [3.63, 3.8) is 0 Å². The number of aryl methyl sites for hydroxylation is 1. The number of aromatic amines is 1. The third-order valence-corrected chi connectivity index (χ3v) is 2.90. The van der Waals surface area contributed by atoms with Crippen LogP contribution in [0.25, 0.3) is 22.3 Å². The number of nitrogens with two attached hydrogens (primary N) is 1. The number of nitrogens with one attached hydrogen (secondary N) is 1. The number of benzene rings is 1. The summed E-state index contributed by atoms with van der Waals surface area (Å²) in [6.07, 6.45) is 3.79. The monoisotopic (exact) mass is 226 g/mol. The Morgan fingerprint density at radius 1 is 1.35 bits per heavy atom. The topological polar surface area (TPSA) is 59.6 Å². The van der Waals surface area contributed by atoms with Gasteiger partial charge in [0.2, 0.25) is 0 Å². The van der Waals surface area contributed by atoms with E-state index in [1.165, 1.54) is 5.39 Å². The van der Waals surface area contributed by atoms with Gasteiger partial charge in [-0.15, -0.1) is 0 Å². The van der Waals surface area contributed by atoms with Gasteiger partial charge in [0.1, 0.15) is 5.69 Å². The van der Waals surface area contributed by atoms with Crippen LogP contribution in [-0.2, 0) is 13.6 Å². The Hall–Kier alpha value is -2.07. The van der Waals surface area contributed by atoms with Gasteiger partial charge in [0.15, 0.2) is 0 Å². The van der Waals surface area contributed by atoms with E-state index in [2.05, 4.69) is 28.2 Å². The zero-order valence-corrected chi connectivity index (χ0v) is 9.64. The highest BCUT2D eigenvalue weighted by atomic mass is 15.0. The third kappa shape index (κ3) is 1.72. The average Bonchev–Trinajstić information content (AvgIpc) is 2.93. The van der Waals surface area contributed by atoms with E-state index in [4.69, 9.17) is 5.73 Å². The van der Waals surface area contributed by atoms with Crippen LogP contribution in [0.2, 0.25) is 0 Å². The van der Waals surface area contributed by atoms with Crippen molar-refractivity contribution < 1.29 is 0 Å². The molecule has 4 nitrogen and oxygen atoms in total. The summed E-state index contributed by atoms with van der Waals surface area (Å²) in [5.74, 6) is 0. The highest BCUT2D eigenvalue weighted by Gasteiger charge is 2.05. The highest BCUT2D eigenvalue weighted by Crippen LogP contribution is 2.23.